The van der Waals surface area contributed by atoms with Gasteiger partial charge in [-0.25, -0.2) is 9.59 Å². The topological polar surface area (TPSA) is 78.9 Å². The molecule has 0 radical (unpaired) electrons. The Bertz CT molecular complexity index is 850. The Balaban J connectivity index is 2.72. The lowest BCUT2D eigenvalue weighted by molar-refractivity contribution is -0.133. The van der Waals surface area contributed by atoms with Crippen molar-refractivity contribution in [3.05, 3.63) is 55.6 Å². The molecule has 0 aromatic heterocycles. The van der Waals surface area contributed by atoms with E-state index in [9.17, 15) is 14.4 Å². The number of fused-ring (bicyclic) bond motifs is 1. The van der Waals surface area contributed by atoms with Gasteiger partial charge in [-0.2, -0.15) is 0 Å². The highest BCUT2D eigenvalue weighted by atomic mass is 16.6. The molecule has 2 aromatic rings. The van der Waals surface area contributed by atoms with E-state index in [2.05, 4.69) is 13.2 Å². The van der Waals surface area contributed by atoms with E-state index in [0.29, 0.717) is 10.8 Å². The fourth-order valence-electron chi connectivity index (χ4n) is 2.00. The van der Waals surface area contributed by atoms with Crippen molar-refractivity contribution in [2.24, 2.45) is 0 Å². The number of rotatable bonds is 5. The lowest BCUT2D eigenvalue weighted by Crippen LogP contribution is -2.10. The Hall–Kier alpha value is -3.41. The monoisotopic (exact) mass is 326 g/mol. The average molecular weight is 326 g/mol. The molecule has 0 unspecified atom stereocenters. The van der Waals surface area contributed by atoms with Crippen LogP contribution in [0.5, 0.6) is 17.2 Å². The van der Waals surface area contributed by atoms with Gasteiger partial charge in [0.05, 0.1) is 0 Å². The molecule has 0 fully saturated rings. The molecule has 6 nitrogen and oxygen atoms in total. The number of ether oxygens (including phenoxy) is 3. The molecule has 24 heavy (non-hydrogen) atoms. The van der Waals surface area contributed by atoms with Crippen LogP contribution >= 0.6 is 0 Å². The summed E-state index contributed by atoms with van der Waals surface area (Å²) in [6.45, 7) is 7.87. The summed E-state index contributed by atoms with van der Waals surface area (Å²) < 4.78 is 15.5. The van der Waals surface area contributed by atoms with Crippen LogP contribution in [0.4, 0.5) is 0 Å². The van der Waals surface area contributed by atoms with Crippen LogP contribution in [0.2, 0.25) is 0 Å². The van der Waals surface area contributed by atoms with Gasteiger partial charge in [0.25, 0.3) is 0 Å². The Morgan fingerprint density at radius 1 is 0.875 bits per heavy atom. The van der Waals surface area contributed by atoms with E-state index in [0.717, 1.165) is 12.2 Å². The van der Waals surface area contributed by atoms with Gasteiger partial charge in [0, 0.05) is 35.9 Å². The van der Waals surface area contributed by atoms with Crippen LogP contribution in [-0.4, -0.2) is 17.9 Å². The summed E-state index contributed by atoms with van der Waals surface area (Å²) in [4.78, 5) is 34.5. The predicted octanol–water partition coefficient (Wildman–Crippen LogP) is 2.95. The molecular weight excluding hydrogens is 312 g/mol. The van der Waals surface area contributed by atoms with Crippen LogP contribution in [-0.2, 0) is 14.4 Å². The van der Waals surface area contributed by atoms with Crippen molar-refractivity contribution in [1.29, 1.82) is 0 Å². The van der Waals surface area contributed by atoms with E-state index in [4.69, 9.17) is 14.2 Å². The molecule has 0 saturated carbocycles. The number of hydrogen-bond donors (Lipinski definition) is 0. The van der Waals surface area contributed by atoms with Crippen LogP contribution in [0.3, 0.4) is 0 Å². The second-order valence-electron chi connectivity index (χ2n) is 4.59. The number of hydrogen-bond acceptors (Lipinski definition) is 6. The summed E-state index contributed by atoms with van der Waals surface area (Å²) in [5, 5.41) is 0.925. The molecular formula is C18H14O6. The van der Waals surface area contributed by atoms with Crippen molar-refractivity contribution < 1.29 is 28.6 Å². The van der Waals surface area contributed by atoms with E-state index in [1.54, 1.807) is 24.3 Å². The third-order valence-electron chi connectivity index (χ3n) is 2.92. The zero-order valence-electron chi connectivity index (χ0n) is 12.9. The molecule has 6 heteroatoms. The van der Waals surface area contributed by atoms with Crippen LogP contribution in [0, 0.1) is 0 Å². The van der Waals surface area contributed by atoms with Crippen LogP contribution in [0.25, 0.3) is 10.8 Å². The fraction of sp³-hybridized carbons (Fsp3) is 0.0556. The summed E-state index contributed by atoms with van der Waals surface area (Å²) in [6.07, 6.45) is 1.99. The van der Waals surface area contributed by atoms with Crippen LogP contribution < -0.4 is 14.2 Å². The molecule has 0 aliphatic carbocycles. The van der Waals surface area contributed by atoms with Gasteiger partial charge in [0.2, 0.25) is 0 Å². The molecule has 0 aliphatic rings. The van der Waals surface area contributed by atoms with Crippen molar-refractivity contribution >= 4 is 28.7 Å². The summed E-state index contributed by atoms with van der Waals surface area (Å²) in [5.41, 5.74) is 0. The molecule has 2 rings (SSSR count). The van der Waals surface area contributed by atoms with Gasteiger partial charge in [-0.3, -0.25) is 4.79 Å². The van der Waals surface area contributed by atoms with Gasteiger partial charge < -0.3 is 14.2 Å². The maximum Gasteiger partial charge on any atom is 0.335 e. The molecule has 0 amide bonds. The van der Waals surface area contributed by atoms with Gasteiger partial charge >= 0.3 is 17.9 Å². The summed E-state index contributed by atoms with van der Waals surface area (Å²) in [5.74, 6) is -1.89. The highest BCUT2D eigenvalue weighted by Gasteiger charge is 2.19. The van der Waals surface area contributed by atoms with Crippen molar-refractivity contribution in [2.45, 2.75) is 6.92 Å². The normalized spacial score (nSPS) is 9.88. The molecule has 0 aliphatic heterocycles. The summed E-state index contributed by atoms with van der Waals surface area (Å²) in [7, 11) is 0. The molecule has 122 valence electrons. The third-order valence-corrected chi connectivity index (χ3v) is 2.92. The smallest absolute Gasteiger partial charge is 0.335 e. The van der Waals surface area contributed by atoms with Crippen molar-refractivity contribution in [2.75, 3.05) is 0 Å². The molecule has 0 bridgehead atoms. The zero-order valence-corrected chi connectivity index (χ0v) is 12.9. The van der Waals surface area contributed by atoms with E-state index in [1.165, 1.54) is 13.0 Å². The largest absolute Gasteiger partial charge is 0.423 e. The maximum absolute atomic E-state index is 11.6. The minimum absolute atomic E-state index is 0.0316. The third kappa shape index (κ3) is 3.67. The summed E-state index contributed by atoms with van der Waals surface area (Å²) in [6, 6.07) is 8.03. The lowest BCUT2D eigenvalue weighted by Gasteiger charge is -2.14. The lowest BCUT2D eigenvalue weighted by atomic mass is 10.1. The van der Waals surface area contributed by atoms with Gasteiger partial charge in [-0.1, -0.05) is 37.4 Å². The van der Waals surface area contributed by atoms with E-state index < -0.39 is 17.9 Å². The van der Waals surface area contributed by atoms with E-state index in [-0.39, 0.29) is 17.2 Å². The Labute approximate surface area is 137 Å². The van der Waals surface area contributed by atoms with Crippen molar-refractivity contribution in [3.63, 3.8) is 0 Å². The first-order valence-corrected chi connectivity index (χ1v) is 6.89. The molecule has 2 aromatic carbocycles. The van der Waals surface area contributed by atoms with Crippen molar-refractivity contribution in [1.82, 2.24) is 0 Å². The molecule has 0 heterocycles. The highest BCUT2D eigenvalue weighted by Crippen LogP contribution is 2.42. The van der Waals surface area contributed by atoms with Crippen LogP contribution in [0.15, 0.2) is 55.6 Å². The number of carbonyl (C=O) groups is 3. The van der Waals surface area contributed by atoms with Gasteiger partial charge in [-0.15, -0.1) is 0 Å². The number of esters is 3. The summed E-state index contributed by atoms with van der Waals surface area (Å²) >= 11 is 0. The first-order chi connectivity index (χ1) is 11.5. The first-order valence-electron chi connectivity index (χ1n) is 6.89. The Morgan fingerprint density at radius 2 is 1.46 bits per heavy atom. The average Bonchev–Trinajstić information content (AvgIpc) is 2.57. The van der Waals surface area contributed by atoms with Gasteiger partial charge in [0.15, 0.2) is 11.5 Å². The SMILES string of the molecule is C=CC(=O)Oc1cc(OC(C)=O)c(OC(=O)C=C)c2ccccc12. The maximum atomic E-state index is 11.6. The Morgan fingerprint density at radius 3 is 2.04 bits per heavy atom. The quantitative estimate of drug-likeness (QED) is 0.477. The molecule has 0 spiro atoms. The minimum atomic E-state index is -0.718. The van der Waals surface area contributed by atoms with E-state index >= 15 is 0 Å². The second-order valence-corrected chi connectivity index (χ2v) is 4.59. The number of carbonyl (C=O) groups excluding carboxylic acids is 3. The molecule has 0 saturated heterocycles. The number of benzene rings is 2. The van der Waals surface area contributed by atoms with Crippen molar-refractivity contribution in [3.8, 4) is 17.2 Å². The van der Waals surface area contributed by atoms with Gasteiger partial charge in [-0.05, 0) is 0 Å². The van der Waals surface area contributed by atoms with Gasteiger partial charge in [0.1, 0.15) is 5.75 Å². The zero-order chi connectivity index (χ0) is 17.7. The fourth-order valence-corrected chi connectivity index (χ4v) is 2.00. The Kier molecular flexibility index (Phi) is 5.11. The van der Waals surface area contributed by atoms with E-state index in [1.807, 2.05) is 0 Å². The van der Waals surface area contributed by atoms with Crippen LogP contribution in [0.1, 0.15) is 6.92 Å². The standard InChI is InChI=1S/C18H14O6/c1-4-16(20)23-14-10-15(22-11(3)19)18(24-17(21)5-2)13-9-7-6-8-12(13)14/h4-10H,1-2H2,3H3. The predicted molar refractivity (Wildman–Crippen MR) is 86.9 cm³/mol. The first kappa shape index (κ1) is 17.0. The minimum Gasteiger partial charge on any atom is -0.423 e. The molecule has 0 atom stereocenters. The highest BCUT2D eigenvalue weighted by molar-refractivity contribution is 6.00. The molecule has 0 N–H and O–H groups in total. The second kappa shape index (κ2) is 7.23.